The molecular formula is C26H20BrFIN3O5. The van der Waals surface area contributed by atoms with Crippen molar-refractivity contribution in [2.24, 2.45) is 0 Å². The number of ether oxygens (including phenoxy) is 2. The van der Waals surface area contributed by atoms with Crippen LogP contribution in [-0.2, 0) is 16.2 Å². The van der Waals surface area contributed by atoms with Gasteiger partial charge in [-0.15, -0.1) is 0 Å². The molecule has 2 N–H and O–H groups in total. The number of hydrogen-bond donors (Lipinski definition) is 2. The van der Waals surface area contributed by atoms with Gasteiger partial charge in [0.25, 0.3) is 5.91 Å². The van der Waals surface area contributed by atoms with E-state index in [0.717, 1.165) is 14.0 Å². The molecule has 0 bridgehead atoms. The van der Waals surface area contributed by atoms with Gasteiger partial charge in [0.15, 0.2) is 11.5 Å². The third kappa shape index (κ3) is 6.46. The van der Waals surface area contributed by atoms with Gasteiger partial charge in [0.05, 0.1) is 17.3 Å². The van der Waals surface area contributed by atoms with Crippen molar-refractivity contribution in [1.29, 1.82) is 0 Å². The number of amides is 4. The zero-order valence-corrected chi connectivity index (χ0v) is 23.1. The molecule has 1 saturated heterocycles. The number of benzene rings is 3. The van der Waals surface area contributed by atoms with Gasteiger partial charge in [-0.3, -0.25) is 9.59 Å². The number of carbonyl (C=O) groups excluding carboxylic acids is 3. The molecule has 0 spiro atoms. The molecule has 0 atom stereocenters. The second kappa shape index (κ2) is 11.7. The average molecular weight is 680 g/mol. The molecule has 1 aliphatic rings. The van der Waals surface area contributed by atoms with Crippen LogP contribution in [0.1, 0.15) is 11.1 Å². The second-order valence-corrected chi connectivity index (χ2v) is 9.96. The Labute approximate surface area is 234 Å². The Balaban J connectivity index is 1.47. The fourth-order valence-corrected chi connectivity index (χ4v) is 4.41. The van der Waals surface area contributed by atoms with Crippen molar-refractivity contribution in [2.75, 3.05) is 19.0 Å². The molecular weight excluding hydrogens is 660 g/mol. The molecule has 37 heavy (non-hydrogen) atoms. The molecule has 3 aromatic rings. The first-order chi connectivity index (χ1) is 17.7. The van der Waals surface area contributed by atoms with Crippen molar-refractivity contribution in [3.63, 3.8) is 0 Å². The van der Waals surface area contributed by atoms with Gasteiger partial charge in [0.2, 0.25) is 5.91 Å². The highest BCUT2D eigenvalue weighted by atomic mass is 127. The summed E-state index contributed by atoms with van der Waals surface area (Å²) < 4.78 is 26.9. The number of methoxy groups -OCH3 is 1. The van der Waals surface area contributed by atoms with Gasteiger partial charge in [0.1, 0.15) is 24.7 Å². The minimum atomic E-state index is -0.761. The maximum absolute atomic E-state index is 13.8. The van der Waals surface area contributed by atoms with Gasteiger partial charge >= 0.3 is 6.03 Å². The number of rotatable bonds is 8. The first-order valence-electron chi connectivity index (χ1n) is 10.9. The Morgan fingerprint density at radius 1 is 1.16 bits per heavy atom. The predicted octanol–water partition coefficient (Wildman–Crippen LogP) is 5.31. The zero-order valence-electron chi connectivity index (χ0n) is 19.4. The number of halogens is 3. The van der Waals surface area contributed by atoms with Gasteiger partial charge in [0, 0.05) is 3.57 Å². The number of imide groups is 1. The van der Waals surface area contributed by atoms with E-state index in [1.807, 2.05) is 24.3 Å². The largest absolute Gasteiger partial charge is 0.493 e. The van der Waals surface area contributed by atoms with Gasteiger partial charge < -0.3 is 20.1 Å². The molecule has 1 aliphatic heterocycles. The summed E-state index contributed by atoms with van der Waals surface area (Å²) in [5.41, 5.74) is 1.47. The lowest BCUT2D eigenvalue weighted by molar-refractivity contribution is -0.127. The topological polar surface area (TPSA) is 97.0 Å². The van der Waals surface area contributed by atoms with E-state index < -0.39 is 30.2 Å². The Kier molecular flexibility index (Phi) is 8.44. The second-order valence-electron chi connectivity index (χ2n) is 7.86. The summed E-state index contributed by atoms with van der Waals surface area (Å²) in [6, 6.07) is 16.1. The third-order valence-corrected chi connectivity index (χ3v) is 6.58. The molecule has 4 rings (SSSR count). The van der Waals surface area contributed by atoms with Crippen molar-refractivity contribution < 1.29 is 28.2 Å². The van der Waals surface area contributed by atoms with Crippen molar-refractivity contribution >= 4 is 68.1 Å². The highest BCUT2D eigenvalue weighted by Gasteiger charge is 2.35. The molecule has 4 amide bonds. The first kappa shape index (κ1) is 26.6. The molecule has 1 heterocycles. The maximum Gasteiger partial charge on any atom is 0.329 e. The quantitative estimate of drug-likeness (QED) is 0.191. The van der Waals surface area contributed by atoms with Crippen LogP contribution in [0.4, 0.5) is 14.9 Å². The van der Waals surface area contributed by atoms with E-state index in [9.17, 15) is 18.8 Å². The number of anilines is 1. The van der Waals surface area contributed by atoms with Crippen LogP contribution in [0.5, 0.6) is 11.5 Å². The Morgan fingerprint density at radius 3 is 2.59 bits per heavy atom. The van der Waals surface area contributed by atoms with Crippen LogP contribution in [0.25, 0.3) is 6.08 Å². The molecule has 3 aromatic carbocycles. The van der Waals surface area contributed by atoms with Crippen LogP contribution in [0.3, 0.4) is 0 Å². The molecule has 0 saturated carbocycles. The van der Waals surface area contributed by atoms with E-state index in [0.29, 0.717) is 28.1 Å². The summed E-state index contributed by atoms with van der Waals surface area (Å²) in [4.78, 5) is 38.2. The van der Waals surface area contributed by atoms with Gasteiger partial charge in [-0.2, -0.15) is 0 Å². The van der Waals surface area contributed by atoms with E-state index in [4.69, 9.17) is 9.47 Å². The predicted molar refractivity (Wildman–Crippen MR) is 147 cm³/mol. The molecule has 0 aromatic heterocycles. The molecule has 11 heteroatoms. The molecule has 190 valence electrons. The van der Waals surface area contributed by atoms with E-state index >= 15 is 0 Å². The average Bonchev–Trinajstić information content (AvgIpc) is 3.12. The van der Waals surface area contributed by atoms with Crippen LogP contribution in [0.15, 0.2) is 70.8 Å². The summed E-state index contributed by atoms with van der Waals surface area (Å²) in [6.45, 7) is -0.251. The molecule has 8 nitrogen and oxygen atoms in total. The summed E-state index contributed by atoms with van der Waals surface area (Å²) in [7, 11) is 1.49. The number of hydrogen-bond acceptors (Lipinski definition) is 5. The van der Waals surface area contributed by atoms with Crippen molar-refractivity contribution in [3.8, 4) is 11.5 Å². The van der Waals surface area contributed by atoms with E-state index in [-0.39, 0.29) is 11.4 Å². The van der Waals surface area contributed by atoms with Crippen LogP contribution >= 0.6 is 38.5 Å². The lowest BCUT2D eigenvalue weighted by atomic mass is 10.1. The SMILES string of the molecule is COc1cc(/C=C2/NC(=O)N(CC(=O)Nc3ccccc3F)C2=O)cc(Br)c1OCc1ccc(I)cc1. The lowest BCUT2D eigenvalue weighted by Gasteiger charge is -2.14. The summed E-state index contributed by atoms with van der Waals surface area (Å²) in [5.74, 6) is -1.13. The summed E-state index contributed by atoms with van der Waals surface area (Å²) >= 11 is 5.71. The fourth-order valence-electron chi connectivity index (χ4n) is 3.48. The number of nitrogens with zero attached hydrogens (tertiary/aromatic N) is 1. The molecule has 1 fully saturated rings. The molecule has 0 aliphatic carbocycles. The number of nitrogens with one attached hydrogen (secondary N) is 2. The Hall–Kier alpha value is -3.45. The lowest BCUT2D eigenvalue weighted by Crippen LogP contribution is -2.38. The Bertz CT molecular complexity index is 1400. The maximum atomic E-state index is 13.8. The van der Waals surface area contributed by atoms with Crippen molar-refractivity contribution in [2.45, 2.75) is 6.61 Å². The summed E-state index contributed by atoms with van der Waals surface area (Å²) in [5, 5.41) is 4.82. The van der Waals surface area contributed by atoms with Crippen LogP contribution in [0.2, 0.25) is 0 Å². The Morgan fingerprint density at radius 2 is 1.89 bits per heavy atom. The first-order valence-corrected chi connectivity index (χ1v) is 12.8. The van der Waals surface area contributed by atoms with E-state index in [1.165, 1.54) is 31.4 Å². The highest BCUT2D eigenvalue weighted by Crippen LogP contribution is 2.38. The van der Waals surface area contributed by atoms with Crippen LogP contribution < -0.4 is 20.1 Å². The minimum Gasteiger partial charge on any atom is -0.493 e. The van der Waals surface area contributed by atoms with Crippen LogP contribution in [-0.4, -0.2) is 36.4 Å². The van der Waals surface area contributed by atoms with Crippen LogP contribution in [0, 0.1) is 9.39 Å². The monoisotopic (exact) mass is 679 g/mol. The molecule has 0 unspecified atom stereocenters. The normalized spacial score (nSPS) is 14.1. The third-order valence-electron chi connectivity index (χ3n) is 5.27. The fraction of sp³-hybridized carbons (Fsp3) is 0.115. The van der Waals surface area contributed by atoms with Gasteiger partial charge in [-0.1, -0.05) is 24.3 Å². The van der Waals surface area contributed by atoms with Crippen molar-refractivity contribution in [1.82, 2.24) is 10.2 Å². The minimum absolute atomic E-state index is 0.0230. The van der Waals surface area contributed by atoms with Crippen molar-refractivity contribution in [3.05, 3.63) is 91.3 Å². The highest BCUT2D eigenvalue weighted by molar-refractivity contribution is 14.1. The molecule has 0 radical (unpaired) electrons. The summed E-state index contributed by atoms with van der Waals surface area (Å²) in [6.07, 6.45) is 1.46. The van der Waals surface area contributed by atoms with Gasteiger partial charge in [-0.05, 0) is 92.1 Å². The smallest absolute Gasteiger partial charge is 0.329 e. The standard InChI is InChI=1S/C26H20BrFIN3O5/c1-36-22-12-16(10-18(27)24(22)37-14-15-6-8-17(29)9-7-15)11-21-25(34)32(26(35)31-21)13-23(33)30-20-5-3-2-4-19(20)28/h2-12H,13-14H2,1H3,(H,30,33)(H,31,35)/b21-11+. The van der Waals surface area contributed by atoms with Gasteiger partial charge in [-0.25, -0.2) is 14.1 Å². The number of urea groups is 1. The zero-order chi connectivity index (χ0) is 26.5. The number of para-hydroxylation sites is 1. The van der Waals surface area contributed by atoms with E-state index in [1.54, 1.807) is 18.2 Å². The number of carbonyl (C=O) groups is 3. The van der Waals surface area contributed by atoms with E-state index in [2.05, 4.69) is 49.2 Å².